The van der Waals surface area contributed by atoms with Crippen LogP contribution in [0.4, 0.5) is 5.69 Å². The van der Waals surface area contributed by atoms with Gasteiger partial charge in [-0.05, 0) is 90.4 Å². The molecule has 1 aliphatic heterocycles. The maximum absolute atomic E-state index is 11.8. The Morgan fingerprint density at radius 3 is 2.33 bits per heavy atom. The van der Waals surface area contributed by atoms with Gasteiger partial charge in [-0.3, -0.25) is 0 Å². The van der Waals surface area contributed by atoms with E-state index in [1.807, 2.05) is 36.4 Å². The minimum atomic E-state index is -0.389. The molecular formula is C27H27BrN2O5S. The van der Waals surface area contributed by atoms with Crippen LogP contribution in [0.5, 0.6) is 17.2 Å². The molecule has 0 aliphatic carbocycles. The number of rotatable bonds is 7. The van der Waals surface area contributed by atoms with Crippen molar-refractivity contribution < 1.29 is 23.7 Å². The average molecular weight is 571 g/mol. The van der Waals surface area contributed by atoms with E-state index in [2.05, 4.69) is 26.1 Å². The Bertz CT molecular complexity index is 1230. The number of benzene rings is 3. The molecule has 1 atom stereocenters. The first-order chi connectivity index (χ1) is 17.4. The number of methoxy groups -OCH3 is 3. The van der Waals surface area contributed by atoms with Crippen molar-refractivity contribution in [3.05, 3.63) is 81.8 Å². The van der Waals surface area contributed by atoms with Crippen molar-refractivity contribution in [1.29, 1.82) is 0 Å². The predicted molar refractivity (Wildman–Crippen MR) is 146 cm³/mol. The van der Waals surface area contributed by atoms with Crippen molar-refractivity contribution in [3.63, 3.8) is 0 Å². The lowest BCUT2D eigenvalue weighted by atomic mass is 9.92. The Balaban J connectivity index is 1.61. The highest BCUT2D eigenvalue weighted by Crippen LogP contribution is 2.38. The van der Waals surface area contributed by atoms with Crippen LogP contribution < -0.4 is 19.5 Å². The van der Waals surface area contributed by atoms with Gasteiger partial charge < -0.3 is 29.2 Å². The standard InChI is InChI=1S/C27H27BrN2O5S/c1-32-24-14-18-12-13-30(27(36)29-20-8-6-19(28)7-9-20)23(22(18)15-25(24)33-2)16-35-21-10-4-17(5-11-21)26(31)34-3/h4-11,14-15,23H,12-13,16H2,1-3H3,(H,29,36)/t23-/m1/s1. The van der Waals surface area contributed by atoms with Crippen LogP contribution in [0.2, 0.25) is 0 Å². The molecule has 1 aliphatic rings. The van der Waals surface area contributed by atoms with Gasteiger partial charge in [0.15, 0.2) is 16.6 Å². The van der Waals surface area contributed by atoms with E-state index in [0.717, 1.165) is 27.7 Å². The van der Waals surface area contributed by atoms with Crippen molar-refractivity contribution in [2.75, 3.05) is 39.8 Å². The third-order valence-corrected chi connectivity index (χ3v) is 6.91. The zero-order chi connectivity index (χ0) is 25.7. The van der Waals surface area contributed by atoms with Crippen LogP contribution in [0.15, 0.2) is 65.1 Å². The van der Waals surface area contributed by atoms with E-state index in [9.17, 15) is 4.79 Å². The van der Waals surface area contributed by atoms with Gasteiger partial charge in [0.25, 0.3) is 0 Å². The van der Waals surface area contributed by atoms with Crippen molar-refractivity contribution >= 4 is 44.9 Å². The maximum Gasteiger partial charge on any atom is 0.337 e. The molecule has 0 radical (unpaired) electrons. The fourth-order valence-electron chi connectivity index (χ4n) is 4.16. The molecule has 0 amide bonds. The van der Waals surface area contributed by atoms with Crippen molar-refractivity contribution in [1.82, 2.24) is 4.90 Å². The monoisotopic (exact) mass is 570 g/mol. The van der Waals surface area contributed by atoms with Crippen LogP contribution in [0.25, 0.3) is 0 Å². The van der Waals surface area contributed by atoms with Crippen LogP contribution >= 0.6 is 28.1 Å². The zero-order valence-electron chi connectivity index (χ0n) is 20.2. The van der Waals surface area contributed by atoms with Gasteiger partial charge in [0.1, 0.15) is 12.4 Å². The molecule has 0 aromatic heterocycles. The number of anilines is 1. The first-order valence-corrected chi connectivity index (χ1v) is 12.5. The third-order valence-electron chi connectivity index (χ3n) is 6.04. The average Bonchev–Trinajstić information content (AvgIpc) is 2.91. The summed E-state index contributed by atoms with van der Waals surface area (Å²) in [7, 11) is 4.62. The molecule has 0 spiro atoms. The molecular weight excluding hydrogens is 544 g/mol. The minimum absolute atomic E-state index is 0.177. The van der Waals surface area contributed by atoms with E-state index >= 15 is 0 Å². The number of hydrogen-bond acceptors (Lipinski definition) is 6. The third kappa shape index (κ3) is 5.74. The fraction of sp³-hybridized carbons (Fsp3) is 0.259. The highest BCUT2D eigenvalue weighted by molar-refractivity contribution is 9.10. The normalized spacial score (nSPS) is 14.4. The van der Waals surface area contributed by atoms with E-state index in [-0.39, 0.29) is 12.0 Å². The molecule has 3 aromatic rings. The van der Waals surface area contributed by atoms with E-state index in [0.29, 0.717) is 41.1 Å². The summed E-state index contributed by atoms with van der Waals surface area (Å²) in [5.41, 5.74) is 3.58. The van der Waals surface area contributed by atoms with Gasteiger partial charge in [-0.1, -0.05) is 15.9 Å². The maximum atomic E-state index is 11.8. The number of hydrogen-bond donors (Lipinski definition) is 1. The Kier molecular flexibility index (Phi) is 8.32. The quantitative estimate of drug-likeness (QED) is 0.289. The summed E-state index contributed by atoms with van der Waals surface area (Å²) in [5.74, 6) is 1.59. The van der Waals surface area contributed by atoms with E-state index in [1.54, 1.807) is 38.5 Å². The SMILES string of the molecule is COC(=O)c1ccc(OC[C@@H]2c3cc(OC)c(OC)cc3CCN2C(=S)Nc2ccc(Br)cc2)cc1. The molecule has 9 heteroatoms. The second-order valence-corrected chi connectivity index (χ2v) is 9.43. The Labute approximate surface area is 224 Å². The molecule has 3 aromatic carbocycles. The largest absolute Gasteiger partial charge is 0.493 e. The lowest BCUT2D eigenvalue weighted by Gasteiger charge is -2.39. The second-order valence-electron chi connectivity index (χ2n) is 8.13. The number of esters is 1. The number of ether oxygens (including phenoxy) is 4. The highest BCUT2D eigenvalue weighted by Gasteiger charge is 2.31. The molecule has 0 fully saturated rings. The minimum Gasteiger partial charge on any atom is -0.493 e. The summed E-state index contributed by atoms with van der Waals surface area (Å²) in [6.45, 7) is 1.04. The summed E-state index contributed by atoms with van der Waals surface area (Å²) in [4.78, 5) is 13.9. The molecule has 0 saturated carbocycles. The van der Waals surface area contributed by atoms with Gasteiger partial charge in [-0.25, -0.2) is 4.79 Å². The lowest BCUT2D eigenvalue weighted by molar-refractivity contribution is 0.0600. The van der Waals surface area contributed by atoms with Gasteiger partial charge in [-0.15, -0.1) is 0 Å². The van der Waals surface area contributed by atoms with E-state index in [1.165, 1.54) is 7.11 Å². The first kappa shape index (κ1) is 25.8. The van der Waals surface area contributed by atoms with Crippen LogP contribution in [-0.4, -0.2) is 50.5 Å². The Hall–Kier alpha value is -3.30. The van der Waals surface area contributed by atoms with Crippen LogP contribution in [-0.2, 0) is 11.2 Å². The van der Waals surface area contributed by atoms with Crippen molar-refractivity contribution in [3.8, 4) is 17.2 Å². The lowest BCUT2D eigenvalue weighted by Crippen LogP contribution is -2.44. The number of thiocarbonyl (C=S) groups is 1. The molecule has 1 heterocycles. The number of nitrogens with one attached hydrogen (secondary N) is 1. The van der Waals surface area contributed by atoms with Crippen LogP contribution in [0.3, 0.4) is 0 Å². The van der Waals surface area contributed by atoms with Crippen molar-refractivity contribution in [2.45, 2.75) is 12.5 Å². The Morgan fingerprint density at radius 1 is 1.03 bits per heavy atom. The van der Waals surface area contributed by atoms with Crippen LogP contribution in [0, 0.1) is 0 Å². The summed E-state index contributed by atoms with van der Waals surface area (Å²) in [6, 6.07) is 18.6. The van der Waals surface area contributed by atoms with Gasteiger partial charge in [0.05, 0.1) is 32.9 Å². The van der Waals surface area contributed by atoms with Gasteiger partial charge in [0, 0.05) is 16.7 Å². The number of carbonyl (C=O) groups excluding carboxylic acids is 1. The molecule has 188 valence electrons. The van der Waals surface area contributed by atoms with E-state index in [4.69, 9.17) is 31.2 Å². The summed E-state index contributed by atoms with van der Waals surface area (Å²) in [5, 5.41) is 3.95. The van der Waals surface area contributed by atoms with Crippen LogP contribution in [0.1, 0.15) is 27.5 Å². The molecule has 0 unspecified atom stereocenters. The van der Waals surface area contributed by atoms with E-state index < -0.39 is 0 Å². The molecule has 36 heavy (non-hydrogen) atoms. The second kappa shape index (κ2) is 11.6. The zero-order valence-corrected chi connectivity index (χ0v) is 22.6. The number of fused-ring (bicyclic) bond motifs is 1. The van der Waals surface area contributed by atoms with Crippen molar-refractivity contribution in [2.24, 2.45) is 0 Å². The number of halogens is 1. The number of nitrogens with zero attached hydrogens (tertiary/aromatic N) is 1. The molecule has 0 bridgehead atoms. The smallest absolute Gasteiger partial charge is 0.337 e. The Morgan fingerprint density at radius 2 is 1.69 bits per heavy atom. The first-order valence-electron chi connectivity index (χ1n) is 11.3. The van der Waals surface area contributed by atoms with Gasteiger partial charge in [-0.2, -0.15) is 0 Å². The highest BCUT2D eigenvalue weighted by atomic mass is 79.9. The summed E-state index contributed by atoms with van der Waals surface area (Å²) < 4.78 is 23.1. The molecule has 1 N–H and O–H groups in total. The summed E-state index contributed by atoms with van der Waals surface area (Å²) >= 11 is 9.30. The van der Waals surface area contributed by atoms with Gasteiger partial charge >= 0.3 is 5.97 Å². The predicted octanol–water partition coefficient (Wildman–Crippen LogP) is 5.63. The fourth-order valence-corrected chi connectivity index (χ4v) is 4.76. The number of carbonyl (C=O) groups is 1. The molecule has 0 saturated heterocycles. The molecule has 4 rings (SSSR count). The van der Waals surface area contributed by atoms with Gasteiger partial charge in [0.2, 0.25) is 0 Å². The summed E-state index contributed by atoms with van der Waals surface area (Å²) in [6.07, 6.45) is 0.794. The molecule has 7 nitrogen and oxygen atoms in total. The topological polar surface area (TPSA) is 69.3 Å².